The van der Waals surface area contributed by atoms with Gasteiger partial charge in [0.2, 0.25) is 5.89 Å². The highest BCUT2D eigenvalue weighted by Crippen LogP contribution is 2.26. The molecule has 0 aromatic carbocycles. The first-order valence-electron chi connectivity index (χ1n) is 6.43. The molecule has 0 bridgehead atoms. The van der Waals surface area contributed by atoms with Crippen molar-refractivity contribution in [1.29, 1.82) is 0 Å². The lowest BCUT2D eigenvalue weighted by Gasteiger charge is -2.25. The van der Waals surface area contributed by atoms with Crippen LogP contribution in [0.5, 0.6) is 0 Å². The van der Waals surface area contributed by atoms with E-state index in [1.807, 2.05) is 11.8 Å². The highest BCUT2D eigenvalue weighted by molar-refractivity contribution is 7.98. The number of piperidine rings is 1. The second kappa shape index (κ2) is 6.40. The van der Waals surface area contributed by atoms with Crippen LogP contribution in [0.4, 0.5) is 0 Å². The van der Waals surface area contributed by atoms with Crippen LogP contribution in [0.25, 0.3) is 0 Å². The summed E-state index contributed by atoms with van der Waals surface area (Å²) in [7, 11) is 0. The number of aromatic nitrogens is 2. The van der Waals surface area contributed by atoms with E-state index in [2.05, 4.69) is 29.3 Å². The molecule has 2 atom stereocenters. The summed E-state index contributed by atoms with van der Waals surface area (Å²) in [6, 6.07) is 0.260. The number of rotatable bonds is 5. The second-order valence-electron chi connectivity index (χ2n) is 4.74. The highest BCUT2D eigenvalue weighted by Gasteiger charge is 2.24. The number of thioether (sulfide) groups is 1. The van der Waals surface area contributed by atoms with E-state index in [0.29, 0.717) is 0 Å². The van der Waals surface area contributed by atoms with Gasteiger partial charge in [0.05, 0.1) is 11.8 Å². The molecule has 17 heavy (non-hydrogen) atoms. The minimum atomic E-state index is 0.260. The van der Waals surface area contributed by atoms with Gasteiger partial charge in [0.25, 0.3) is 0 Å². The lowest BCUT2D eigenvalue weighted by Crippen LogP contribution is -2.30. The van der Waals surface area contributed by atoms with Gasteiger partial charge >= 0.3 is 0 Å². The van der Waals surface area contributed by atoms with Crippen LogP contribution in [0.2, 0.25) is 0 Å². The summed E-state index contributed by atoms with van der Waals surface area (Å²) in [4.78, 5) is 4.48. The number of hydrogen-bond acceptors (Lipinski definition) is 5. The van der Waals surface area contributed by atoms with E-state index < -0.39 is 0 Å². The van der Waals surface area contributed by atoms with E-state index in [1.165, 1.54) is 12.8 Å². The van der Waals surface area contributed by atoms with Gasteiger partial charge in [-0.05, 0) is 37.5 Å². The lowest BCUT2D eigenvalue weighted by atomic mass is 9.94. The van der Waals surface area contributed by atoms with Crippen molar-refractivity contribution in [3.63, 3.8) is 0 Å². The quantitative estimate of drug-likeness (QED) is 0.820. The fraction of sp³-hybridized carbons (Fsp3) is 0.833. The minimum absolute atomic E-state index is 0.260. The monoisotopic (exact) mass is 255 g/mol. The molecule has 0 aliphatic carbocycles. The molecule has 1 aliphatic rings. The molecule has 1 aromatic heterocycles. The number of nitrogens with zero attached hydrogens (tertiary/aromatic N) is 2. The Labute approximate surface area is 107 Å². The standard InChI is InChI=1S/C12H21N3OS/c1-3-6-17-8-11-14-12(16-15-11)10-7-9(2)4-5-13-10/h9-10,13H,3-8H2,1-2H3. The maximum Gasteiger partial charge on any atom is 0.243 e. The zero-order chi connectivity index (χ0) is 12.1. The Morgan fingerprint density at radius 2 is 2.41 bits per heavy atom. The molecule has 0 spiro atoms. The van der Waals surface area contributed by atoms with Crippen molar-refractivity contribution in [2.75, 3.05) is 12.3 Å². The maximum absolute atomic E-state index is 5.35. The van der Waals surface area contributed by atoms with E-state index in [4.69, 9.17) is 4.52 Å². The van der Waals surface area contributed by atoms with Crippen LogP contribution in [0, 0.1) is 5.92 Å². The van der Waals surface area contributed by atoms with E-state index in [1.54, 1.807) is 0 Å². The Hall–Kier alpha value is -0.550. The SMILES string of the molecule is CCCSCc1noc(C2CC(C)CCN2)n1. The van der Waals surface area contributed by atoms with Crippen molar-refractivity contribution >= 4 is 11.8 Å². The molecule has 1 saturated heterocycles. The topological polar surface area (TPSA) is 51.0 Å². The molecule has 96 valence electrons. The Kier molecular flexibility index (Phi) is 4.86. The summed E-state index contributed by atoms with van der Waals surface area (Å²) in [6.45, 7) is 5.51. The van der Waals surface area contributed by atoms with Crippen molar-refractivity contribution in [3.8, 4) is 0 Å². The third kappa shape index (κ3) is 3.71. The van der Waals surface area contributed by atoms with Crippen LogP contribution >= 0.6 is 11.8 Å². The first kappa shape index (κ1) is 12.9. The normalized spacial score (nSPS) is 25.1. The Balaban J connectivity index is 1.88. The van der Waals surface area contributed by atoms with Gasteiger partial charge in [0.15, 0.2) is 5.82 Å². The average molecular weight is 255 g/mol. The molecule has 2 rings (SSSR count). The summed E-state index contributed by atoms with van der Waals surface area (Å²) < 4.78 is 5.35. The van der Waals surface area contributed by atoms with E-state index >= 15 is 0 Å². The van der Waals surface area contributed by atoms with Crippen molar-refractivity contribution in [3.05, 3.63) is 11.7 Å². The molecule has 2 unspecified atom stereocenters. The Bertz CT molecular complexity index is 342. The van der Waals surface area contributed by atoms with Gasteiger partial charge in [0, 0.05) is 0 Å². The van der Waals surface area contributed by atoms with Gasteiger partial charge in [-0.1, -0.05) is 19.0 Å². The molecule has 4 nitrogen and oxygen atoms in total. The molecule has 1 aromatic rings. The van der Waals surface area contributed by atoms with Crippen LogP contribution in [0.3, 0.4) is 0 Å². The van der Waals surface area contributed by atoms with Crippen LogP contribution in [-0.4, -0.2) is 22.4 Å². The zero-order valence-corrected chi connectivity index (χ0v) is 11.4. The van der Waals surface area contributed by atoms with Crippen molar-refractivity contribution in [2.24, 2.45) is 5.92 Å². The molecule has 1 N–H and O–H groups in total. The van der Waals surface area contributed by atoms with Crippen molar-refractivity contribution in [2.45, 2.75) is 44.9 Å². The first-order chi connectivity index (χ1) is 8.29. The smallest absolute Gasteiger partial charge is 0.243 e. The Morgan fingerprint density at radius 1 is 1.53 bits per heavy atom. The van der Waals surface area contributed by atoms with Gasteiger partial charge in [-0.15, -0.1) is 0 Å². The average Bonchev–Trinajstić information content (AvgIpc) is 2.78. The summed E-state index contributed by atoms with van der Waals surface area (Å²) in [5.74, 6) is 4.36. The van der Waals surface area contributed by atoms with Crippen LogP contribution in [0.1, 0.15) is 50.9 Å². The molecule has 0 radical (unpaired) electrons. The Morgan fingerprint density at radius 3 is 3.18 bits per heavy atom. The van der Waals surface area contributed by atoms with Gasteiger partial charge in [-0.25, -0.2) is 0 Å². The summed E-state index contributed by atoms with van der Waals surface area (Å²) in [5, 5.41) is 7.48. The first-order valence-corrected chi connectivity index (χ1v) is 7.58. The fourth-order valence-corrected chi connectivity index (χ4v) is 2.80. The highest BCUT2D eigenvalue weighted by atomic mass is 32.2. The van der Waals surface area contributed by atoms with Crippen LogP contribution in [0.15, 0.2) is 4.52 Å². The largest absolute Gasteiger partial charge is 0.338 e. The van der Waals surface area contributed by atoms with Gasteiger partial charge < -0.3 is 9.84 Å². The minimum Gasteiger partial charge on any atom is -0.338 e. The number of nitrogens with one attached hydrogen (secondary N) is 1. The molecule has 5 heteroatoms. The van der Waals surface area contributed by atoms with Crippen LogP contribution < -0.4 is 5.32 Å². The molecule has 2 heterocycles. The van der Waals surface area contributed by atoms with E-state index in [0.717, 1.165) is 42.1 Å². The molecule has 1 aliphatic heterocycles. The van der Waals surface area contributed by atoms with Gasteiger partial charge in [0.1, 0.15) is 0 Å². The van der Waals surface area contributed by atoms with Gasteiger partial charge in [-0.2, -0.15) is 16.7 Å². The summed E-state index contributed by atoms with van der Waals surface area (Å²) in [6.07, 6.45) is 3.53. The fourth-order valence-electron chi connectivity index (χ4n) is 2.07. The van der Waals surface area contributed by atoms with Crippen molar-refractivity contribution in [1.82, 2.24) is 15.5 Å². The third-order valence-corrected chi connectivity index (χ3v) is 4.19. The second-order valence-corrected chi connectivity index (χ2v) is 5.84. The zero-order valence-electron chi connectivity index (χ0n) is 10.6. The summed E-state index contributed by atoms with van der Waals surface area (Å²) in [5.41, 5.74) is 0. The molecule has 0 amide bonds. The maximum atomic E-state index is 5.35. The predicted molar refractivity (Wildman–Crippen MR) is 69.9 cm³/mol. The lowest BCUT2D eigenvalue weighted by molar-refractivity contribution is 0.259. The number of hydrogen-bond donors (Lipinski definition) is 1. The molecule has 0 saturated carbocycles. The molecule has 1 fully saturated rings. The van der Waals surface area contributed by atoms with E-state index in [9.17, 15) is 0 Å². The van der Waals surface area contributed by atoms with Crippen LogP contribution in [-0.2, 0) is 5.75 Å². The molecular weight excluding hydrogens is 234 g/mol. The van der Waals surface area contributed by atoms with E-state index in [-0.39, 0.29) is 6.04 Å². The van der Waals surface area contributed by atoms with Crippen molar-refractivity contribution < 1.29 is 4.52 Å². The third-order valence-electron chi connectivity index (χ3n) is 3.03. The van der Waals surface area contributed by atoms with Gasteiger partial charge in [-0.3, -0.25) is 0 Å². The predicted octanol–water partition coefficient (Wildman–Crippen LogP) is 2.77. The molecular formula is C12H21N3OS. The summed E-state index contributed by atoms with van der Waals surface area (Å²) >= 11 is 1.86.